The van der Waals surface area contributed by atoms with E-state index in [-0.39, 0.29) is 0 Å². The number of nitrogen functional groups attached to an aromatic ring is 1. The molecule has 0 atom stereocenters. The van der Waals surface area contributed by atoms with E-state index >= 15 is 0 Å². The topological polar surface area (TPSA) is 95.8 Å². The zero-order chi connectivity index (χ0) is 19.9. The van der Waals surface area contributed by atoms with Crippen molar-refractivity contribution in [3.8, 4) is 11.3 Å². The molecule has 0 amide bonds. The number of anilines is 3. The summed E-state index contributed by atoms with van der Waals surface area (Å²) >= 11 is 0. The maximum absolute atomic E-state index is 6.31. The largest absolute Gasteiger partial charge is 0.396 e. The third-order valence-corrected chi connectivity index (χ3v) is 4.53. The molecule has 0 saturated carbocycles. The van der Waals surface area contributed by atoms with E-state index in [9.17, 15) is 0 Å². The van der Waals surface area contributed by atoms with Crippen molar-refractivity contribution in [2.24, 2.45) is 0 Å². The first-order chi connectivity index (χ1) is 13.6. The highest BCUT2D eigenvalue weighted by atomic mass is 15.3. The van der Waals surface area contributed by atoms with Gasteiger partial charge in [-0.25, -0.2) is 4.98 Å². The normalized spacial score (nSPS) is 10.6. The van der Waals surface area contributed by atoms with E-state index in [1.807, 2.05) is 36.1 Å². The summed E-state index contributed by atoms with van der Waals surface area (Å²) in [6.07, 6.45) is 8.55. The molecule has 7 heteroatoms. The lowest BCUT2D eigenvalue weighted by molar-refractivity contribution is 0.703. The molecule has 3 aromatic heterocycles. The Balaban J connectivity index is 1.92. The van der Waals surface area contributed by atoms with Crippen molar-refractivity contribution in [2.75, 3.05) is 22.5 Å². The molecule has 3 heterocycles. The van der Waals surface area contributed by atoms with Crippen molar-refractivity contribution in [1.82, 2.24) is 20.2 Å². The summed E-state index contributed by atoms with van der Waals surface area (Å²) in [4.78, 5) is 11.0. The van der Waals surface area contributed by atoms with Gasteiger partial charge in [0.25, 0.3) is 0 Å². The number of pyridine rings is 2. The van der Waals surface area contributed by atoms with Crippen molar-refractivity contribution in [3.63, 3.8) is 0 Å². The van der Waals surface area contributed by atoms with E-state index < -0.39 is 0 Å². The molecule has 28 heavy (non-hydrogen) atoms. The lowest BCUT2D eigenvalue weighted by atomic mass is 10.1. The molecule has 0 aliphatic rings. The molecule has 0 aromatic carbocycles. The molecule has 7 nitrogen and oxygen atoms in total. The van der Waals surface area contributed by atoms with E-state index in [0.717, 1.165) is 48.4 Å². The first-order valence-electron chi connectivity index (χ1n) is 9.50. The van der Waals surface area contributed by atoms with E-state index in [4.69, 9.17) is 10.7 Å². The summed E-state index contributed by atoms with van der Waals surface area (Å²) < 4.78 is 0. The number of hydrogen-bond acceptors (Lipinski definition) is 6. The molecule has 0 saturated heterocycles. The van der Waals surface area contributed by atoms with Crippen LogP contribution in [-0.2, 0) is 0 Å². The molecule has 0 aliphatic heterocycles. The van der Waals surface area contributed by atoms with Gasteiger partial charge in [0.15, 0.2) is 5.82 Å². The van der Waals surface area contributed by atoms with Gasteiger partial charge in [0.1, 0.15) is 5.82 Å². The van der Waals surface area contributed by atoms with Crippen molar-refractivity contribution in [3.05, 3.63) is 60.9 Å². The van der Waals surface area contributed by atoms with Gasteiger partial charge in [-0.05, 0) is 37.6 Å². The number of nitrogens with zero attached hydrogens (tertiary/aromatic N) is 4. The second-order valence-electron chi connectivity index (χ2n) is 6.69. The molecule has 4 N–H and O–H groups in total. The number of H-pyrrole nitrogens is 1. The first-order valence-corrected chi connectivity index (χ1v) is 9.50. The fraction of sp³-hybridized carbons (Fsp3) is 0.286. The van der Waals surface area contributed by atoms with Crippen LogP contribution in [0.1, 0.15) is 31.9 Å². The second-order valence-corrected chi connectivity index (χ2v) is 6.69. The van der Waals surface area contributed by atoms with Gasteiger partial charge in [-0.3, -0.25) is 10.1 Å². The molecule has 3 aromatic rings. The Kier molecular flexibility index (Phi) is 6.26. The van der Waals surface area contributed by atoms with Gasteiger partial charge in [0.05, 0.1) is 29.5 Å². The van der Waals surface area contributed by atoms with E-state index in [0.29, 0.717) is 17.3 Å². The number of unbranched alkanes of at least 4 members (excludes halogenated alkanes) is 2. The molecular formula is C21H27N7. The molecule has 3 rings (SSSR count). The lowest BCUT2D eigenvalue weighted by Crippen LogP contribution is -2.29. The quantitative estimate of drug-likeness (QED) is 0.480. The summed E-state index contributed by atoms with van der Waals surface area (Å²) in [6.45, 7) is 9.15. The van der Waals surface area contributed by atoms with Crippen molar-refractivity contribution in [1.29, 1.82) is 0 Å². The third-order valence-electron chi connectivity index (χ3n) is 4.53. The zero-order valence-corrected chi connectivity index (χ0v) is 16.4. The molecular weight excluding hydrogens is 350 g/mol. The number of nitrogens with two attached hydrogens (primary N) is 1. The van der Waals surface area contributed by atoms with Crippen LogP contribution < -0.4 is 16.0 Å². The minimum atomic E-state index is 0.607. The van der Waals surface area contributed by atoms with E-state index in [1.165, 1.54) is 0 Å². The Hall–Kier alpha value is -3.35. The predicted molar refractivity (Wildman–Crippen MR) is 115 cm³/mol. The fourth-order valence-corrected chi connectivity index (χ4v) is 2.99. The summed E-state index contributed by atoms with van der Waals surface area (Å²) in [6, 6.07) is 7.63. The van der Waals surface area contributed by atoms with Crippen LogP contribution in [0.2, 0.25) is 0 Å². The SMILES string of the molecule is C=C(Nc1cccnc1)N(CCCCC)c1nc(-c2cn[nH]c2C)ccc1N. The van der Waals surface area contributed by atoms with Gasteiger partial charge in [0, 0.05) is 24.0 Å². The van der Waals surface area contributed by atoms with Crippen LogP contribution in [0.5, 0.6) is 0 Å². The van der Waals surface area contributed by atoms with Gasteiger partial charge in [-0.15, -0.1) is 0 Å². The minimum absolute atomic E-state index is 0.607. The average molecular weight is 377 g/mol. The van der Waals surface area contributed by atoms with E-state index in [2.05, 4.69) is 34.0 Å². The summed E-state index contributed by atoms with van der Waals surface area (Å²) in [5.74, 6) is 1.40. The molecule has 0 fully saturated rings. The molecule has 146 valence electrons. The Labute approximate surface area is 165 Å². The number of aryl methyl sites for hydroxylation is 1. The third kappa shape index (κ3) is 4.49. The number of aromatic nitrogens is 4. The number of hydrogen-bond donors (Lipinski definition) is 3. The number of nitrogens with one attached hydrogen (secondary N) is 2. The van der Waals surface area contributed by atoms with Gasteiger partial charge < -0.3 is 16.0 Å². The van der Waals surface area contributed by atoms with Crippen molar-refractivity contribution in [2.45, 2.75) is 33.1 Å². The molecule has 0 unspecified atom stereocenters. The Bertz CT molecular complexity index is 918. The van der Waals surface area contributed by atoms with Crippen LogP contribution >= 0.6 is 0 Å². The Morgan fingerprint density at radius 3 is 2.79 bits per heavy atom. The maximum Gasteiger partial charge on any atom is 0.158 e. The zero-order valence-electron chi connectivity index (χ0n) is 16.4. The van der Waals surface area contributed by atoms with Crippen LogP contribution in [0.25, 0.3) is 11.3 Å². The highest BCUT2D eigenvalue weighted by Gasteiger charge is 2.17. The summed E-state index contributed by atoms with van der Waals surface area (Å²) in [7, 11) is 0. The van der Waals surface area contributed by atoms with Gasteiger partial charge in [-0.2, -0.15) is 5.10 Å². The highest BCUT2D eigenvalue weighted by Crippen LogP contribution is 2.29. The summed E-state index contributed by atoms with van der Waals surface area (Å²) in [5.41, 5.74) is 10.5. The highest BCUT2D eigenvalue weighted by molar-refractivity contribution is 5.72. The molecule has 0 radical (unpaired) electrons. The summed E-state index contributed by atoms with van der Waals surface area (Å²) in [5, 5.41) is 10.4. The first kappa shape index (κ1) is 19.4. The number of aromatic amines is 1. The predicted octanol–water partition coefficient (Wildman–Crippen LogP) is 4.34. The van der Waals surface area contributed by atoms with Crippen LogP contribution in [0.3, 0.4) is 0 Å². The van der Waals surface area contributed by atoms with Gasteiger partial charge in [-0.1, -0.05) is 26.3 Å². The van der Waals surface area contributed by atoms with Gasteiger partial charge in [0.2, 0.25) is 0 Å². The van der Waals surface area contributed by atoms with Crippen LogP contribution in [-0.4, -0.2) is 26.7 Å². The van der Waals surface area contributed by atoms with Crippen molar-refractivity contribution >= 4 is 17.2 Å². The van der Waals surface area contributed by atoms with E-state index in [1.54, 1.807) is 18.6 Å². The minimum Gasteiger partial charge on any atom is -0.396 e. The standard InChI is InChI=1S/C21H27N7/c1-4-5-6-12-28(16(3)25-17-8-7-11-23-13-17)21-19(22)9-10-20(26-21)18-14-24-27-15(18)2/h7-11,13-14,25H,3-6,12,22H2,1-2H3,(H,24,27). The van der Waals surface area contributed by atoms with Gasteiger partial charge >= 0.3 is 0 Å². The fourth-order valence-electron chi connectivity index (χ4n) is 2.99. The molecule has 0 spiro atoms. The average Bonchev–Trinajstić information content (AvgIpc) is 3.13. The smallest absolute Gasteiger partial charge is 0.158 e. The van der Waals surface area contributed by atoms with Crippen LogP contribution in [0.4, 0.5) is 17.2 Å². The van der Waals surface area contributed by atoms with Crippen LogP contribution in [0, 0.1) is 6.92 Å². The monoisotopic (exact) mass is 377 g/mol. The second kappa shape index (κ2) is 9.03. The van der Waals surface area contributed by atoms with Crippen LogP contribution in [0.15, 0.2) is 55.3 Å². The molecule has 0 aliphatic carbocycles. The van der Waals surface area contributed by atoms with Crippen molar-refractivity contribution < 1.29 is 0 Å². The maximum atomic E-state index is 6.31. The lowest BCUT2D eigenvalue weighted by Gasteiger charge is -2.28. The Morgan fingerprint density at radius 1 is 1.25 bits per heavy atom. The Morgan fingerprint density at radius 2 is 2.11 bits per heavy atom. The molecule has 0 bridgehead atoms. The number of rotatable bonds is 9.